The van der Waals surface area contributed by atoms with Gasteiger partial charge in [-0.2, -0.15) is 0 Å². The summed E-state index contributed by atoms with van der Waals surface area (Å²) in [5.74, 6) is 0.988. The van der Waals surface area contributed by atoms with E-state index < -0.39 is 0 Å². The van der Waals surface area contributed by atoms with Crippen LogP contribution in [0.4, 0.5) is 5.69 Å². The molecule has 1 heterocycles. The first-order valence-electron chi connectivity index (χ1n) is 5.57. The fourth-order valence-corrected chi connectivity index (χ4v) is 1.59. The second kappa shape index (κ2) is 4.84. The van der Waals surface area contributed by atoms with E-state index in [4.69, 9.17) is 0 Å². The molecule has 3 nitrogen and oxygen atoms in total. The zero-order valence-electron chi connectivity index (χ0n) is 9.72. The highest BCUT2D eigenvalue weighted by atomic mass is 15.2. The van der Waals surface area contributed by atoms with Gasteiger partial charge in [0.15, 0.2) is 0 Å². The molecule has 0 unspecified atom stereocenters. The number of hydrogen-bond donors (Lipinski definition) is 1. The molecular weight excluding hydrogens is 198 g/mol. The number of para-hydroxylation sites is 1. The minimum absolute atomic E-state index is 0.499. The standard InChI is InChI=1S/C13H17N3/c1-11(2)16-9-8-14-13(10-16)15-12-6-4-3-5-7-12/h3-9,11H,10H2,1-2H3,(H,14,15). The van der Waals surface area contributed by atoms with Crippen LogP contribution in [0.2, 0.25) is 0 Å². The van der Waals surface area contributed by atoms with Crippen LogP contribution in [-0.2, 0) is 0 Å². The van der Waals surface area contributed by atoms with Crippen molar-refractivity contribution in [1.82, 2.24) is 4.90 Å². The number of benzene rings is 1. The van der Waals surface area contributed by atoms with Crippen molar-refractivity contribution < 1.29 is 0 Å². The van der Waals surface area contributed by atoms with E-state index >= 15 is 0 Å². The van der Waals surface area contributed by atoms with Gasteiger partial charge in [0, 0.05) is 24.1 Å². The van der Waals surface area contributed by atoms with Gasteiger partial charge in [-0.25, -0.2) is 4.99 Å². The molecule has 2 rings (SSSR count). The largest absolute Gasteiger partial charge is 0.366 e. The highest BCUT2D eigenvalue weighted by Gasteiger charge is 2.11. The third-order valence-electron chi connectivity index (χ3n) is 2.55. The van der Waals surface area contributed by atoms with E-state index in [9.17, 15) is 0 Å². The van der Waals surface area contributed by atoms with Crippen molar-refractivity contribution in [2.75, 3.05) is 11.9 Å². The molecule has 0 aromatic heterocycles. The fourth-order valence-electron chi connectivity index (χ4n) is 1.59. The minimum atomic E-state index is 0.499. The molecule has 1 aromatic carbocycles. The predicted molar refractivity (Wildman–Crippen MR) is 68.5 cm³/mol. The Morgan fingerprint density at radius 2 is 2.00 bits per heavy atom. The topological polar surface area (TPSA) is 27.6 Å². The summed E-state index contributed by atoms with van der Waals surface area (Å²) in [4.78, 5) is 6.59. The van der Waals surface area contributed by atoms with Crippen LogP contribution in [0.1, 0.15) is 13.8 Å². The van der Waals surface area contributed by atoms with Gasteiger partial charge in [0.2, 0.25) is 0 Å². The van der Waals surface area contributed by atoms with Crippen LogP contribution >= 0.6 is 0 Å². The van der Waals surface area contributed by atoms with E-state index in [-0.39, 0.29) is 0 Å². The van der Waals surface area contributed by atoms with Gasteiger partial charge in [-0.1, -0.05) is 18.2 Å². The molecule has 0 atom stereocenters. The zero-order valence-corrected chi connectivity index (χ0v) is 9.72. The molecule has 0 saturated carbocycles. The van der Waals surface area contributed by atoms with E-state index in [2.05, 4.69) is 29.1 Å². The van der Waals surface area contributed by atoms with Crippen LogP contribution in [0.5, 0.6) is 0 Å². The normalized spacial score (nSPS) is 15.2. The summed E-state index contributed by atoms with van der Waals surface area (Å²) in [5, 5.41) is 3.32. The number of amidine groups is 1. The molecule has 0 fully saturated rings. The smallest absolute Gasteiger partial charge is 0.126 e. The number of nitrogens with one attached hydrogen (secondary N) is 1. The lowest BCUT2D eigenvalue weighted by molar-refractivity contribution is 0.347. The van der Waals surface area contributed by atoms with Crippen LogP contribution in [0, 0.1) is 0 Å². The van der Waals surface area contributed by atoms with Crippen molar-refractivity contribution >= 4 is 11.5 Å². The second-order valence-corrected chi connectivity index (χ2v) is 4.13. The fraction of sp³-hybridized carbons (Fsp3) is 0.308. The Kier molecular flexibility index (Phi) is 3.25. The number of nitrogens with zero attached hydrogens (tertiary/aromatic N) is 2. The Labute approximate surface area is 96.5 Å². The predicted octanol–water partition coefficient (Wildman–Crippen LogP) is 2.69. The van der Waals surface area contributed by atoms with E-state index in [0.717, 1.165) is 18.1 Å². The molecule has 0 radical (unpaired) electrons. The molecule has 0 bridgehead atoms. The van der Waals surface area contributed by atoms with Crippen LogP contribution in [-0.4, -0.2) is 23.3 Å². The van der Waals surface area contributed by atoms with Gasteiger partial charge in [0.25, 0.3) is 0 Å². The van der Waals surface area contributed by atoms with Gasteiger partial charge in [-0.3, -0.25) is 0 Å². The summed E-state index contributed by atoms with van der Waals surface area (Å²) in [5.41, 5.74) is 1.08. The average Bonchev–Trinajstić information content (AvgIpc) is 2.30. The van der Waals surface area contributed by atoms with Gasteiger partial charge in [-0.15, -0.1) is 0 Å². The molecule has 1 aliphatic rings. The summed E-state index contributed by atoms with van der Waals surface area (Å²) >= 11 is 0. The Balaban J connectivity index is 2.02. The monoisotopic (exact) mass is 215 g/mol. The Bertz CT molecular complexity index is 393. The first-order valence-corrected chi connectivity index (χ1v) is 5.57. The lowest BCUT2D eigenvalue weighted by atomic mass is 10.3. The Morgan fingerprint density at radius 3 is 2.69 bits per heavy atom. The van der Waals surface area contributed by atoms with Crippen molar-refractivity contribution in [3.05, 3.63) is 42.7 Å². The number of rotatable bonds is 2. The lowest BCUT2D eigenvalue weighted by Crippen LogP contribution is -2.35. The third-order valence-corrected chi connectivity index (χ3v) is 2.55. The van der Waals surface area contributed by atoms with Gasteiger partial charge in [0.05, 0.1) is 6.54 Å². The molecule has 1 N–H and O–H groups in total. The molecule has 0 aliphatic carbocycles. The molecule has 0 amide bonds. The summed E-state index contributed by atoms with van der Waals surface area (Å²) in [6, 6.07) is 10.6. The van der Waals surface area contributed by atoms with Gasteiger partial charge in [-0.05, 0) is 26.0 Å². The maximum Gasteiger partial charge on any atom is 0.126 e. The van der Waals surface area contributed by atoms with Crippen molar-refractivity contribution in [2.24, 2.45) is 4.99 Å². The van der Waals surface area contributed by atoms with Crippen LogP contribution in [0.15, 0.2) is 47.7 Å². The Morgan fingerprint density at radius 1 is 1.25 bits per heavy atom. The molecule has 0 saturated heterocycles. The van der Waals surface area contributed by atoms with Crippen molar-refractivity contribution in [3.63, 3.8) is 0 Å². The van der Waals surface area contributed by atoms with E-state index in [0.29, 0.717) is 6.04 Å². The number of anilines is 1. The van der Waals surface area contributed by atoms with Gasteiger partial charge in [0.1, 0.15) is 5.84 Å². The quantitative estimate of drug-likeness (QED) is 0.821. The molecule has 1 aromatic rings. The zero-order chi connectivity index (χ0) is 11.4. The third kappa shape index (κ3) is 2.63. The first-order chi connectivity index (χ1) is 7.75. The average molecular weight is 215 g/mol. The maximum atomic E-state index is 4.34. The molecular formula is C13H17N3. The SMILES string of the molecule is CC(C)N1C=CN=C(Nc2ccccc2)C1. The van der Waals surface area contributed by atoms with Crippen molar-refractivity contribution in [2.45, 2.75) is 19.9 Å². The number of aliphatic imine (C=N–C) groups is 1. The molecule has 16 heavy (non-hydrogen) atoms. The van der Waals surface area contributed by atoms with Crippen LogP contribution in [0.25, 0.3) is 0 Å². The first kappa shape index (κ1) is 10.7. The molecule has 84 valence electrons. The lowest BCUT2D eigenvalue weighted by Gasteiger charge is -2.27. The molecule has 0 spiro atoms. The summed E-state index contributed by atoms with van der Waals surface area (Å²) in [6.45, 7) is 5.19. The van der Waals surface area contributed by atoms with E-state index in [1.807, 2.05) is 42.7 Å². The highest BCUT2D eigenvalue weighted by Crippen LogP contribution is 2.09. The summed E-state index contributed by atoms with van der Waals surface area (Å²) in [7, 11) is 0. The van der Waals surface area contributed by atoms with E-state index in [1.54, 1.807) is 0 Å². The molecule has 3 heteroatoms. The maximum absolute atomic E-state index is 4.34. The summed E-state index contributed by atoms with van der Waals surface area (Å²) in [6.07, 6.45) is 3.87. The summed E-state index contributed by atoms with van der Waals surface area (Å²) < 4.78 is 0. The number of hydrogen-bond acceptors (Lipinski definition) is 3. The second-order valence-electron chi connectivity index (χ2n) is 4.13. The minimum Gasteiger partial charge on any atom is -0.366 e. The van der Waals surface area contributed by atoms with Crippen LogP contribution < -0.4 is 5.32 Å². The molecule has 1 aliphatic heterocycles. The van der Waals surface area contributed by atoms with Crippen LogP contribution in [0.3, 0.4) is 0 Å². The van der Waals surface area contributed by atoms with Gasteiger partial charge < -0.3 is 10.2 Å². The highest BCUT2D eigenvalue weighted by molar-refractivity contribution is 5.97. The van der Waals surface area contributed by atoms with Crippen molar-refractivity contribution in [1.29, 1.82) is 0 Å². The Hall–Kier alpha value is -1.77. The van der Waals surface area contributed by atoms with Gasteiger partial charge >= 0.3 is 0 Å². The van der Waals surface area contributed by atoms with Crippen molar-refractivity contribution in [3.8, 4) is 0 Å². The van der Waals surface area contributed by atoms with E-state index in [1.165, 1.54) is 0 Å².